The average Bonchev–Trinajstić information content (AvgIpc) is 3.19. The molecule has 0 atom stereocenters. The van der Waals surface area contributed by atoms with Crippen LogP contribution in [0.1, 0.15) is 80.3 Å². The van der Waals surface area contributed by atoms with Gasteiger partial charge in [0, 0.05) is 61.5 Å². The summed E-state index contributed by atoms with van der Waals surface area (Å²) < 4.78 is 5.42. The van der Waals surface area contributed by atoms with Crippen LogP contribution in [0.3, 0.4) is 0 Å². The van der Waals surface area contributed by atoms with Crippen molar-refractivity contribution in [2.75, 3.05) is 36.0 Å². The third kappa shape index (κ3) is 9.63. The van der Waals surface area contributed by atoms with Crippen LogP contribution in [0.25, 0.3) is 11.1 Å². The van der Waals surface area contributed by atoms with Crippen molar-refractivity contribution in [1.82, 2.24) is 0 Å². The van der Waals surface area contributed by atoms with Crippen LogP contribution in [-0.4, -0.2) is 32.1 Å². The second kappa shape index (κ2) is 18.9. The quantitative estimate of drug-likeness (QED) is 0.0383. The lowest BCUT2D eigenvalue weighted by Crippen LogP contribution is -2.21. The Labute approximate surface area is 310 Å². The number of rotatable bonds is 14. The van der Waals surface area contributed by atoms with Gasteiger partial charge in [-0.2, -0.15) is 0 Å². The lowest BCUT2D eigenvalue weighted by atomic mass is 9.85. The maximum atomic E-state index is 12.0. The molecule has 262 valence electrons. The minimum absolute atomic E-state index is 0.283. The Balaban J connectivity index is 1.53. The molecular formula is C48H48N2O2. The predicted molar refractivity (Wildman–Crippen MR) is 219 cm³/mol. The summed E-state index contributed by atoms with van der Waals surface area (Å²) >= 11 is 0. The fourth-order valence-corrected chi connectivity index (χ4v) is 6.36. The van der Waals surface area contributed by atoms with E-state index in [9.17, 15) is 4.79 Å². The predicted octanol–water partition coefficient (Wildman–Crippen LogP) is 10.5. The van der Waals surface area contributed by atoms with Gasteiger partial charge in [0.05, 0.1) is 0 Å². The van der Waals surface area contributed by atoms with Crippen LogP contribution in [0, 0.1) is 24.2 Å². The van der Waals surface area contributed by atoms with E-state index in [1.807, 2.05) is 12.1 Å². The van der Waals surface area contributed by atoms with Gasteiger partial charge in [0.15, 0.2) is 0 Å². The molecule has 0 spiro atoms. The first-order valence-electron chi connectivity index (χ1n) is 18.3. The van der Waals surface area contributed by atoms with Gasteiger partial charge in [-0.15, -0.1) is 12.3 Å². The third-order valence-electron chi connectivity index (χ3n) is 9.19. The highest BCUT2D eigenvalue weighted by Crippen LogP contribution is 2.38. The first-order valence-corrected chi connectivity index (χ1v) is 18.3. The molecule has 5 aromatic rings. The summed E-state index contributed by atoms with van der Waals surface area (Å²) in [5, 5.41) is 0. The molecule has 0 aromatic heterocycles. The molecule has 0 aliphatic heterocycles. The van der Waals surface area contributed by atoms with Crippen LogP contribution < -0.4 is 14.5 Å². The van der Waals surface area contributed by atoms with Gasteiger partial charge in [-0.25, -0.2) is 0 Å². The Kier molecular flexibility index (Phi) is 13.5. The molecule has 0 aliphatic carbocycles. The highest BCUT2D eigenvalue weighted by atomic mass is 16.5. The SMILES string of the molecule is C#CCCCC(=O)Oc1ccc(C#Cc2ccc(C(=C(c3ccc(N(CC)CC)cc3)c3ccc(N(CC)CC)cc3)c3ccccc3)cc2)cc1. The van der Waals surface area contributed by atoms with Crippen LogP contribution in [0.5, 0.6) is 5.75 Å². The lowest BCUT2D eigenvalue weighted by Gasteiger charge is -2.23. The van der Waals surface area contributed by atoms with Crippen LogP contribution in [0.2, 0.25) is 0 Å². The summed E-state index contributed by atoms with van der Waals surface area (Å²) in [6, 6.07) is 44.4. The van der Waals surface area contributed by atoms with Crippen molar-refractivity contribution in [2.45, 2.75) is 47.0 Å². The fraction of sp³-hybridized carbons (Fsp3) is 0.229. The molecule has 0 bridgehead atoms. The second-order valence-electron chi connectivity index (χ2n) is 12.4. The van der Waals surface area contributed by atoms with Gasteiger partial charge in [-0.05, 0) is 128 Å². The average molecular weight is 685 g/mol. The molecule has 0 fully saturated rings. The van der Waals surface area contributed by atoms with Gasteiger partial charge in [-0.3, -0.25) is 4.79 Å². The molecule has 0 unspecified atom stereocenters. The molecule has 0 amide bonds. The number of anilines is 2. The summed E-state index contributed by atoms with van der Waals surface area (Å²) in [4.78, 5) is 16.8. The summed E-state index contributed by atoms with van der Waals surface area (Å²) in [6.07, 6.45) is 6.76. The van der Waals surface area contributed by atoms with Crippen molar-refractivity contribution in [1.29, 1.82) is 0 Å². The molecule has 5 rings (SSSR count). The van der Waals surface area contributed by atoms with E-state index in [4.69, 9.17) is 11.2 Å². The van der Waals surface area contributed by atoms with Gasteiger partial charge in [-0.1, -0.05) is 78.6 Å². The Hall–Kier alpha value is -5.97. The number of nitrogens with zero attached hydrogens (tertiary/aromatic N) is 2. The summed E-state index contributed by atoms with van der Waals surface area (Å²) in [7, 11) is 0. The number of ether oxygens (including phenoxy) is 1. The monoisotopic (exact) mass is 684 g/mol. The number of carbonyl (C=O) groups excluding carboxylic acids is 1. The van der Waals surface area contributed by atoms with Gasteiger partial charge < -0.3 is 14.5 Å². The number of esters is 1. The van der Waals surface area contributed by atoms with Crippen molar-refractivity contribution in [2.24, 2.45) is 0 Å². The summed E-state index contributed by atoms with van der Waals surface area (Å²) in [5.41, 5.74) is 11.1. The molecule has 0 saturated carbocycles. The lowest BCUT2D eigenvalue weighted by molar-refractivity contribution is -0.134. The molecule has 0 N–H and O–H groups in total. The maximum Gasteiger partial charge on any atom is 0.311 e. The number of hydrogen-bond acceptors (Lipinski definition) is 4. The minimum atomic E-state index is -0.283. The van der Waals surface area contributed by atoms with Crippen molar-refractivity contribution >= 4 is 28.5 Å². The van der Waals surface area contributed by atoms with Crippen molar-refractivity contribution in [3.05, 3.63) is 161 Å². The number of terminal acetylenes is 1. The van der Waals surface area contributed by atoms with E-state index in [1.54, 1.807) is 12.1 Å². The Morgan fingerprint density at radius 2 is 0.962 bits per heavy atom. The maximum absolute atomic E-state index is 12.0. The van der Waals surface area contributed by atoms with Gasteiger partial charge in [0.1, 0.15) is 5.75 Å². The third-order valence-corrected chi connectivity index (χ3v) is 9.19. The Bertz CT molecular complexity index is 1960. The van der Waals surface area contributed by atoms with E-state index < -0.39 is 0 Å². The van der Waals surface area contributed by atoms with Crippen molar-refractivity contribution in [3.8, 4) is 29.9 Å². The Morgan fingerprint density at radius 3 is 1.38 bits per heavy atom. The molecule has 0 saturated heterocycles. The van der Waals surface area contributed by atoms with E-state index in [-0.39, 0.29) is 5.97 Å². The standard InChI is InChI=1S/C48H48N2O2/c1-6-11-13-18-46(51)52-45-35-23-38(24-36-45)20-19-37-21-25-40(26-22-37)47(39-16-14-12-15-17-39)48(41-27-31-43(32-28-41)49(7-2)8-3)42-29-33-44(34-30-42)50(9-4)10-5/h1,12,14-17,21-36H,7-11,13,18H2,2-5H3. The van der Waals surface area contributed by atoms with E-state index in [0.29, 0.717) is 25.0 Å². The van der Waals surface area contributed by atoms with Crippen LogP contribution in [0.15, 0.2) is 127 Å². The van der Waals surface area contributed by atoms with Gasteiger partial charge in [0.25, 0.3) is 0 Å². The van der Waals surface area contributed by atoms with E-state index >= 15 is 0 Å². The first kappa shape index (κ1) is 37.3. The number of benzene rings is 5. The number of hydrogen-bond donors (Lipinski definition) is 0. The van der Waals surface area contributed by atoms with Gasteiger partial charge in [0.2, 0.25) is 0 Å². The topological polar surface area (TPSA) is 32.8 Å². The van der Waals surface area contributed by atoms with E-state index in [0.717, 1.165) is 65.1 Å². The van der Waals surface area contributed by atoms with Crippen LogP contribution >= 0.6 is 0 Å². The molecule has 0 heterocycles. The van der Waals surface area contributed by atoms with Crippen LogP contribution in [-0.2, 0) is 4.79 Å². The highest BCUT2D eigenvalue weighted by Gasteiger charge is 2.17. The van der Waals surface area contributed by atoms with E-state index in [1.165, 1.54) is 16.9 Å². The first-order chi connectivity index (χ1) is 25.5. The highest BCUT2D eigenvalue weighted by molar-refractivity contribution is 6.04. The number of unbranched alkanes of at least 4 members (excludes halogenated alkanes) is 1. The van der Waals surface area contributed by atoms with Crippen LogP contribution in [0.4, 0.5) is 11.4 Å². The Morgan fingerprint density at radius 1 is 0.558 bits per heavy atom. The van der Waals surface area contributed by atoms with Gasteiger partial charge >= 0.3 is 5.97 Å². The zero-order chi connectivity index (χ0) is 36.7. The molecule has 0 radical (unpaired) electrons. The second-order valence-corrected chi connectivity index (χ2v) is 12.4. The molecule has 4 heteroatoms. The van der Waals surface area contributed by atoms with E-state index in [2.05, 4.69) is 158 Å². The smallest absolute Gasteiger partial charge is 0.311 e. The summed E-state index contributed by atoms with van der Waals surface area (Å²) in [6.45, 7) is 12.6. The molecule has 5 aromatic carbocycles. The zero-order valence-corrected chi connectivity index (χ0v) is 30.9. The molecule has 52 heavy (non-hydrogen) atoms. The zero-order valence-electron chi connectivity index (χ0n) is 30.9. The van der Waals surface area contributed by atoms with Crippen molar-refractivity contribution in [3.63, 3.8) is 0 Å². The summed E-state index contributed by atoms with van der Waals surface area (Å²) in [5.74, 6) is 9.32. The fourth-order valence-electron chi connectivity index (χ4n) is 6.36. The number of carbonyl (C=O) groups is 1. The van der Waals surface area contributed by atoms with Crippen molar-refractivity contribution < 1.29 is 9.53 Å². The largest absolute Gasteiger partial charge is 0.427 e. The molecule has 4 nitrogen and oxygen atoms in total. The normalized spacial score (nSPS) is 10.4. The minimum Gasteiger partial charge on any atom is -0.427 e. The molecule has 0 aliphatic rings. The molecular weight excluding hydrogens is 637 g/mol.